The largest absolute Gasteiger partial charge is 0.312 e. The van der Waals surface area contributed by atoms with Crippen LogP contribution in [0.3, 0.4) is 0 Å². The highest BCUT2D eigenvalue weighted by Gasteiger charge is 2.17. The Balaban J connectivity index is 1.95. The molecule has 0 unspecified atom stereocenters. The molecule has 0 saturated carbocycles. The highest BCUT2D eigenvalue weighted by Crippen LogP contribution is 2.27. The number of rotatable bonds is 3. The number of hydrogen-bond donors (Lipinski definition) is 1. The average molecular weight is 288 g/mol. The Hall–Kier alpha value is -1.39. The van der Waals surface area contributed by atoms with E-state index in [9.17, 15) is 4.79 Å². The Bertz CT molecular complexity index is 665. The number of aromatic amines is 1. The van der Waals surface area contributed by atoms with Gasteiger partial charge >= 0.3 is 4.87 Å². The summed E-state index contributed by atoms with van der Waals surface area (Å²) >= 11 is 1.35. The van der Waals surface area contributed by atoms with Gasteiger partial charge in [-0.15, -0.1) is 0 Å². The number of aromatic nitrogens is 1. The summed E-state index contributed by atoms with van der Waals surface area (Å²) in [5.74, 6) is 0. The molecule has 1 saturated heterocycles. The predicted octanol–water partition coefficient (Wildman–Crippen LogP) is 3.32. The van der Waals surface area contributed by atoms with E-state index >= 15 is 0 Å². The first-order valence-corrected chi connectivity index (χ1v) is 7.97. The summed E-state index contributed by atoms with van der Waals surface area (Å²) in [7, 11) is 0. The van der Waals surface area contributed by atoms with Gasteiger partial charge < -0.3 is 4.98 Å². The van der Waals surface area contributed by atoms with Gasteiger partial charge in [-0.25, -0.2) is 0 Å². The standard InChI is InChI=1S/C16H20N2OS/c1-11-5-6-13(9-12(11)2)15-14(20-16(19)17-15)10-18-7-3-4-8-18/h5-6,9H,3-4,7-8,10H2,1-2H3,(H,17,19). The molecule has 106 valence electrons. The highest BCUT2D eigenvalue weighted by atomic mass is 32.1. The van der Waals surface area contributed by atoms with E-state index < -0.39 is 0 Å². The van der Waals surface area contributed by atoms with Gasteiger partial charge in [0.15, 0.2) is 0 Å². The minimum absolute atomic E-state index is 0.0485. The van der Waals surface area contributed by atoms with E-state index in [1.54, 1.807) is 0 Å². The van der Waals surface area contributed by atoms with Gasteiger partial charge in [0, 0.05) is 11.4 Å². The molecule has 0 aliphatic carbocycles. The molecular weight excluding hydrogens is 268 g/mol. The molecule has 1 aromatic heterocycles. The molecule has 1 aliphatic rings. The van der Waals surface area contributed by atoms with Gasteiger partial charge in [0.05, 0.1) is 5.69 Å². The zero-order valence-electron chi connectivity index (χ0n) is 12.0. The van der Waals surface area contributed by atoms with Crippen LogP contribution >= 0.6 is 11.3 Å². The monoisotopic (exact) mass is 288 g/mol. The molecule has 0 bridgehead atoms. The van der Waals surface area contributed by atoms with Gasteiger partial charge in [-0.2, -0.15) is 0 Å². The Morgan fingerprint density at radius 2 is 1.95 bits per heavy atom. The summed E-state index contributed by atoms with van der Waals surface area (Å²) < 4.78 is 0. The Labute approximate surface area is 123 Å². The van der Waals surface area contributed by atoms with Crippen molar-refractivity contribution in [3.05, 3.63) is 43.9 Å². The van der Waals surface area contributed by atoms with E-state index in [0.717, 1.165) is 30.9 Å². The maximum Gasteiger partial charge on any atom is 0.305 e. The number of nitrogens with one attached hydrogen (secondary N) is 1. The number of benzene rings is 1. The summed E-state index contributed by atoms with van der Waals surface area (Å²) in [6.07, 6.45) is 2.55. The fourth-order valence-electron chi connectivity index (χ4n) is 2.75. The fraction of sp³-hybridized carbons (Fsp3) is 0.438. The van der Waals surface area contributed by atoms with E-state index in [1.165, 1.54) is 40.2 Å². The number of likely N-dealkylation sites (tertiary alicyclic amines) is 1. The zero-order valence-corrected chi connectivity index (χ0v) is 12.8. The predicted molar refractivity (Wildman–Crippen MR) is 84.4 cm³/mol. The fourth-order valence-corrected chi connectivity index (χ4v) is 3.64. The maximum atomic E-state index is 11.8. The minimum atomic E-state index is 0.0485. The number of nitrogens with zero attached hydrogens (tertiary/aromatic N) is 1. The molecule has 0 radical (unpaired) electrons. The summed E-state index contributed by atoms with van der Waals surface area (Å²) in [6.45, 7) is 7.42. The molecule has 1 N–H and O–H groups in total. The molecule has 1 fully saturated rings. The molecule has 4 heteroatoms. The normalized spacial score (nSPS) is 15.9. The lowest BCUT2D eigenvalue weighted by Crippen LogP contribution is -2.18. The Morgan fingerprint density at radius 1 is 1.20 bits per heavy atom. The van der Waals surface area contributed by atoms with Crippen LogP contribution in [0.1, 0.15) is 28.8 Å². The molecular formula is C16H20N2OS. The van der Waals surface area contributed by atoms with Crippen LogP contribution in [0.4, 0.5) is 0 Å². The molecule has 0 amide bonds. The number of hydrogen-bond acceptors (Lipinski definition) is 3. The third-order valence-corrected chi connectivity index (χ3v) is 4.95. The van der Waals surface area contributed by atoms with Gasteiger partial charge in [0.2, 0.25) is 0 Å². The molecule has 0 atom stereocenters. The lowest BCUT2D eigenvalue weighted by Gasteiger charge is -2.14. The van der Waals surface area contributed by atoms with E-state index in [-0.39, 0.29) is 4.87 Å². The second-order valence-corrected chi connectivity index (χ2v) is 6.66. The van der Waals surface area contributed by atoms with Gasteiger partial charge in [0.1, 0.15) is 0 Å². The molecule has 2 aromatic rings. The highest BCUT2D eigenvalue weighted by molar-refractivity contribution is 7.09. The second kappa shape index (κ2) is 5.54. The van der Waals surface area contributed by atoms with E-state index in [2.05, 4.69) is 41.9 Å². The van der Waals surface area contributed by atoms with Crippen molar-refractivity contribution in [2.75, 3.05) is 13.1 Å². The SMILES string of the molecule is Cc1ccc(-c2[nH]c(=O)sc2CN2CCCC2)cc1C. The zero-order chi connectivity index (χ0) is 14.1. The van der Waals surface area contributed by atoms with E-state index in [4.69, 9.17) is 0 Å². The van der Waals surface area contributed by atoms with Crippen LogP contribution in [0.5, 0.6) is 0 Å². The minimum Gasteiger partial charge on any atom is -0.312 e. The lowest BCUT2D eigenvalue weighted by atomic mass is 10.0. The quantitative estimate of drug-likeness (QED) is 0.940. The van der Waals surface area contributed by atoms with Crippen molar-refractivity contribution >= 4 is 11.3 Å². The van der Waals surface area contributed by atoms with Crippen molar-refractivity contribution in [2.24, 2.45) is 0 Å². The van der Waals surface area contributed by atoms with Gasteiger partial charge in [-0.1, -0.05) is 23.5 Å². The van der Waals surface area contributed by atoms with Crippen LogP contribution in [-0.2, 0) is 6.54 Å². The molecule has 0 spiro atoms. The van der Waals surface area contributed by atoms with Gasteiger partial charge in [-0.05, 0) is 62.5 Å². The van der Waals surface area contributed by atoms with Gasteiger partial charge in [0.25, 0.3) is 0 Å². The van der Waals surface area contributed by atoms with Crippen LogP contribution in [0.25, 0.3) is 11.3 Å². The van der Waals surface area contributed by atoms with Crippen molar-refractivity contribution in [3.63, 3.8) is 0 Å². The van der Waals surface area contributed by atoms with Crippen molar-refractivity contribution in [3.8, 4) is 11.3 Å². The second-order valence-electron chi connectivity index (χ2n) is 5.59. The summed E-state index contributed by atoms with van der Waals surface area (Å²) in [4.78, 5) is 18.4. The maximum absolute atomic E-state index is 11.8. The topological polar surface area (TPSA) is 36.1 Å². The Kier molecular flexibility index (Phi) is 3.76. The first kappa shape index (κ1) is 13.6. The third-order valence-electron chi connectivity index (χ3n) is 4.08. The van der Waals surface area contributed by atoms with Gasteiger partial charge in [-0.3, -0.25) is 9.69 Å². The summed E-state index contributed by atoms with van der Waals surface area (Å²) in [5, 5.41) is 0. The molecule has 3 rings (SSSR count). The molecule has 20 heavy (non-hydrogen) atoms. The average Bonchev–Trinajstić information content (AvgIpc) is 3.03. The first-order valence-electron chi connectivity index (χ1n) is 7.15. The van der Waals surface area contributed by atoms with Crippen LogP contribution in [0.2, 0.25) is 0 Å². The van der Waals surface area contributed by atoms with Crippen LogP contribution in [0, 0.1) is 13.8 Å². The van der Waals surface area contributed by atoms with Crippen LogP contribution < -0.4 is 4.87 Å². The van der Waals surface area contributed by atoms with Crippen molar-refractivity contribution in [1.29, 1.82) is 0 Å². The molecule has 3 nitrogen and oxygen atoms in total. The number of thiazole rings is 1. The number of aryl methyl sites for hydroxylation is 2. The molecule has 1 aromatic carbocycles. The van der Waals surface area contributed by atoms with E-state index in [1.807, 2.05) is 0 Å². The van der Waals surface area contributed by atoms with Crippen LogP contribution in [-0.4, -0.2) is 23.0 Å². The number of H-pyrrole nitrogens is 1. The summed E-state index contributed by atoms with van der Waals surface area (Å²) in [6, 6.07) is 6.40. The smallest absolute Gasteiger partial charge is 0.305 e. The van der Waals surface area contributed by atoms with Crippen LogP contribution in [0.15, 0.2) is 23.0 Å². The van der Waals surface area contributed by atoms with Crippen molar-refractivity contribution < 1.29 is 0 Å². The Morgan fingerprint density at radius 3 is 2.65 bits per heavy atom. The van der Waals surface area contributed by atoms with Crippen molar-refractivity contribution in [2.45, 2.75) is 33.2 Å². The van der Waals surface area contributed by atoms with E-state index in [0.29, 0.717) is 0 Å². The third kappa shape index (κ3) is 2.72. The molecule has 1 aliphatic heterocycles. The summed E-state index contributed by atoms with van der Waals surface area (Å²) in [5.41, 5.74) is 4.68. The van der Waals surface area contributed by atoms with Crippen molar-refractivity contribution in [1.82, 2.24) is 9.88 Å². The first-order chi connectivity index (χ1) is 9.63. The molecule has 2 heterocycles. The lowest BCUT2D eigenvalue weighted by molar-refractivity contribution is 0.334.